The lowest BCUT2D eigenvalue weighted by Gasteiger charge is -2.10. The maximum absolute atomic E-state index is 12.5. The van der Waals surface area contributed by atoms with Crippen molar-refractivity contribution in [2.75, 3.05) is 0 Å². The number of aromatic amines is 2. The number of aromatic nitrogens is 4. The second kappa shape index (κ2) is 5.14. The Morgan fingerprint density at radius 2 is 1.81 bits per heavy atom. The largest absolute Gasteiger partial charge is 0.311 e. The fraction of sp³-hybridized carbons (Fsp3) is 0.133. The van der Waals surface area contributed by atoms with Crippen molar-refractivity contribution < 1.29 is 0 Å². The minimum Gasteiger partial charge on any atom is -0.311 e. The number of aryl methyl sites for hydroxylation is 1. The van der Waals surface area contributed by atoms with Gasteiger partial charge in [-0.1, -0.05) is 29.8 Å². The molecule has 2 heterocycles. The topological polar surface area (TPSA) is 66.5 Å². The van der Waals surface area contributed by atoms with E-state index in [1.807, 2.05) is 37.3 Å². The summed E-state index contributed by atoms with van der Waals surface area (Å²) in [6, 6.07) is 11.7. The number of rotatable bonds is 2. The summed E-state index contributed by atoms with van der Waals surface area (Å²) in [5, 5.41) is 5.50. The van der Waals surface area contributed by atoms with Gasteiger partial charge in [0.15, 0.2) is 5.82 Å². The molecule has 3 aromatic rings. The van der Waals surface area contributed by atoms with Gasteiger partial charge in [-0.3, -0.25) is 15.0 Å². The number of H-pyrrole nitrogens is 2. The second-order valence-electron chi connectivity index (χ2n) is 4.88. The van der Waals surface area contributed by atoms with Crippen molar-refractivity contribution >= 4 is 12.2 Å². The Hall–Kier alpha value is -2.47. The first-order valence-corrected chi connectivity index (χ1v) is 6.89. The fourth-order valence-corrected chi connectivity index (χ4v) is 2.37. The third-order valence-corrected chi connectivity index (χ3v) is 3.60. The molecule has 1 aromatic carbocycles. The van der Waals surface area contributed by atoms with E-state index in [-0.39, 0.29) is 5.56 Å². The summed E-state index contributed by atoms with van der Waals surface area (Å²) in [6.07, 6.45) is 0. The molecule has 0 saturated carbocycles. The number of nitrogens with one attached hydrogen (secondary N) is 2. The van der Waals surface area contributed by atoms with Gasteiger partial charge in [0, 0.05) is 7.05 Å². The number of hydrogen-bond acceptors (Lipinski definition) is 3. The summed E-state index contributed by atoms with van der Waals surface area (Å²) in [6.45, 7) is 2.03. The summed E-state index contributed by atoms with van der Waals surface area (Å²) in [7, 11) is 1.75. The molecule has 6 heteroatoms. The quantitative estimate of drug-likeness (QED) is 0.715. The molecular formula is C15H14N4OS. The molecule has 0 unspecified atom stereocenters. The Labute approximate surface area is 126 Å². The predicted molar refractivity (Wildman–Crippen MR) is 84.6 cm³/mol. The highest BCUT2D eigenvalue weighted by atomic mass is 32.1. The average Bonchev–Trinajstić information content (AvgIpc) is 2.89. The van der Waals surface area contributed by atoms with E-state index in [4.69, 9.17) is 12.2 Å². The molecule has 0 amide bonds. The third-order valence-electron chi connectivity index (χ3n) is 3.41. The first kappa shape index (κ1) is 13.5. The first-order valence-electron chi connectivity index (χ1n) is 6.48. The molecule has 21 heavy (non-hydrogen) atoms. The van der Waals surface area contributed by atoms with Gasteiger partial charge < -0.3 is 4.57 Å². The Balaban J connectivity index is 2.14. The van der Waals surface area contributed by atoms with Gasteiger partial charge in [0.1, 0.15) is 0 Å². The highest BCUT2D eigenvalue weighted by Gasteiger charge is 2.11. The van der Waals surface area contributed by atoms with Crippen LogP contribution in [0.4, 0.5) is 0 Å². The zero-order valence-corrected chi connectivity index (χ0v) is 12.5. The molecule has 0 bridgehead atoms. The molecule has 106 valence electrons. The molecule has 2 N–H and O–H groups in total. The van der Waals surface area contributed by atoms with Crippen LogP contribution in [0, 0.1) is 11.7 Å². The van der Waals surface area contributed by atoms with E-state index in [1.54, 1.807) is 17.7 Å². The molecule has 5 nitrogen and oxygen atoms in total. The van der Waals surface area contributed by atoms with E-state index in [2.05, 4.69) is 15.2 Å². The van der Waals surface area contributed by atoms with Gasteiger partial charge in [-0.2, -0.15) is 4.98 Å². The Bertz CT molecular complexity index is 902. The van der Waals surface area contributed by atoms with Crippen LogP contribution in [-0.4, -0.2) is 19.7 Å². The van der Waals surface area contributed by atoms with E-state index in [0.29, 0.717) is 16.2 Å². The van der Waals surface area contributed by atoms with Crippen molar-refractivity contribution in [1.82, 2.24) is 19.7 Å². The van der Waals surface area contributed by atoms with Crippen LogP contribution in [0.25, 0.3) is 22.6 Å². The van der Waals surface area contributed by atoms with Crippen molar-refractivity contribution in [2.45, 2.75) is 6.92 Å². The standard InChI is InChI=1S/C15H14N4OS/c1-9-3-5-10(6-4-9)12-8-7-11(14(20)19(12)2)13-16-15(21)18-17-13/h3-8H,1-2H3,(H2,16,17,18,21). The highest BCUT2D eigenvalue weighted by molar-refractivity contribution is 7.71. The van der Waals surface area contributed by atoms with E-state index in [9.17, 15) is 4.79 Å². The maximum atomic E-state index is 12.5. The van der Waals surface area contributed by atoms with Crippen molar-refractivity contribution in [1.29, 1.82) is 0 Å². The van der Waals surface area contributed by atoms with Crippen molar-refractivity contribution in [3.8, 4) is 22.6 Å². The molecular weight excluding hydrogens is 284 g/mol. The Kier molecular flexibility index (Phi) is 3.31. The zero-order chi connectivity index (χ0) is 15.0. The molecule has 0 saturated heterocycles. The number of hydrogen-bond donors (Lipinski definition) is 2. The fourth-order valence-electron chi connectivity index (χ4n) is 2.23. The van der Waals surface area contributed by atoms with E-state index >= 15 is 0 Å². The summed E-state index contributed by atoms with van der Waals surface area (Å²) in [5.74, 6) is 0.455. The van der Waals surface area contributed by atoms with Gasteiger partial charge in [-0.25, -0.2) is 0 Å². The number of benzene rings is 1. The first-order chi connectivity index (χ1) is 10.1. The maximum Gasteiger partial charge on any atom is 0.261 e. The third kappa shape index (κ3) is 2.45. The number of nitrogens with zero attached hydrogens (tertiary/aromatic N) is 2. The van der Waals surface area contributed by atoms with Crippen LogP contribution in [0.3, 0.4) is 0 Å². The van der Waals surface area contributed by atoms with Crippen LogP contribution >= 0.6 is 12.2 Å². The van der Waals surface area contributed by atoms with Crippen LogP contribution in [0.2, 0.25) is 0 Å². The monoisotopic (exact) mass is 298 g/mol. The number of pyridine rings is 1. The van der Waals surface area contributed by atoms with E-state index < -0.39 is 0 Å². The zero-order valence-electron chi connectivity index (χ0n) is 11.7. The normalized spacial score (nSPS) is 10.8. The highest BCUT2D eigenvalue weighted by Crippen LogP contribution is 2.20. The lowest BCUT2D eigenvalue weighted by atomic mass is 10.1. The lowest BCUT2D eigenvalue weighted by molar-refractivity contribution is 0.870. The van der Waals surface area contributed by atoms with Crippen molar-refractivity contribution in [3.05, 3.63) is 57.1 Å². The molecule has 0 spiro atoms. The van der Waals surface area contributed by atoms with E-state index in [1.165, 1.54) is 5.56 Å². The Morgan fingerprint density at radius 3 is 2.43 bits per heavy atom. The van der Waals surface area contributed by atoms with Crippen molar-refractivity contribution in [3.63, 3.8) is 0 Å². The van der Waals surface area contributed by atoms with Gasteiger partial charge in [0.25, 0.3) is 5.56 Å². The Morgan fingerprint density at radius 1 is 1.10 bits per heavy atom. The van der Waals surface area contributed by atoms with Gasteiger partial charge in [-0.15, -0.1) is 0 Å². The van der Waals surface area contributed by atoms with Crippen molar-refractivity contribution in [2.24, 2.45) is 7.05 Å². The minimum atomic E-state index is -0.120. The molecule has 0 atom stereocenters. The summed E-state index contributed by atoms with van der Waals surface area (Å²) in [5.41, 5.74) is 3.41. The van der Waals surface area contributed by atoms with Crippen LogP contribution in [0.1, 0.15) is 5.56 Å². The molecule has 0 radical (unpaired) electrons. The van der Waals surface area contributed by atoms with Gasteiger partial charge >= 0.3 is 0 Å². The van der Waals surface area contributed by atoms with Crippen LogP contribution in [0.5, 0.6) is 0 Å². The predicted octanol–water partition coefficient (Wildman–Crippen LogP) is 2.81. The summed E-state index contributed by atoms with van der Waals surface area (Å²) < 4.78 is 1.95. The smallest absolute Gasteiger partial charge is 0.261 e. The SMILES string of the molecule is Cc1ccc(-c2ccc(-c3nc(=S)[nH][nH]3)c(=O)n2C)cc1. The average molecular weight is 298 g/mol. The lowest BCUT2D eigenvalue weighted by Crippen LogP contribution is -2.20. The van der Waals surface area contributed by atoms with E-state index in [0.717, 1.165) is 11.3 Å². The molecule has 0 fully saturated rings. The summed E-state index contributed by atoms with van der Waals surface area (Å²) in [4.78, 5) is 16.6. The van der Waals surface area contributed by atoms with Gasteiger partial charge in [0.05, 0.1) is 11.3 Å². The van der Waals surface area contributed by atoms with Crippen LogP contribution in [-0.2, 0) is 7.05 Å². The van der Waals surface area contributed by atoms with Gasteiger partial charge in [-0.05, 0) is 36.8 Å². The van der Waals surface area contributed by atoms with Crippen LogP contribution in [0.15, 0.2) is 41.2 Å². The van der Waals surface area contributed by atoms with Gasteiger partial charge in [0.2, 0.25) is 4.77 Å². The molecule has 2 aromatic heterocycles. The molecule has 0 aliphatic heterocycles. The summed E-state index contributed by atoms with van der Waals surface area (Å²) >= 11 is 4.92. The molecule has 0 aliphatic rings. The molecule has 0 aliphatic carbocycles. The molecule has 3 rings (SSSR count). The second-order valence-corrected chi connectivity index (χ2v) is 5.26. The minimum absolute atomic E-state index is 0.120. The van der Waals surface area contributed by atoms with Crippen LogP contribution < -0.4 is 5.56 Å².